The Morgan fingerprint density at radius 1 is 1.23 bits per heavy atom. The van der Waals surface area contributed by atoms with Crippen LogP contribution in [0.1, 0.15) is 38.8 Å². The molecule has 0 aliphatic carbocycles. The molecule has 3 N–H and O–H groups in total. The van der Waals surface area contributed by atoms with Gasteiger partial charge in [0.15, 0.2) is 0 Å². The number of hydrogen-bond donors (Lipinski definition) is 2. The van der Waals surface area contributed by atoms with Crippen molar-refractivity contribution >= 4 is 17.8 Å². The van der Waals surface area contributed by atoms with E-state index in [1.807, 2.05) is 24.3 Å². The number of amides is 4. The minimum absolute atomic E-state index is 0.000369. The number of benzene rings is 1. The van der Waals surface area contributed by atoms with Crippen LogP contribution in [0.15, 0.2) is 24.3 Å². The third-order valence-corrected chi connectivity index (χ3v) is 3.92. The molecule has 6 heteroatoms. The predicted octanol–water partition coefficient (Wildman–Crippen LogP) is 1.24. The predicted molar refractivity (Wildman–Crippen MR) is 81.9 cm³/mol. The molecule has 0 spiro atoms. The van der Waals surface area contributed by atoms with Gasteiger partial charge in [0.25, 0.3) is 5.91 Å². The monoisotopic (exact) mass is 303 g/mol. The lowest BCUT2D eigenvalue weighted by Crippen LogP contribution is -2.42. The third kappa shape index (κ3) is 2.68. The van der Waals surface area contributed by atoms with Crippen LogP contribution in [0.5, 0.6) is 0 Å². The second-order valence-corrected chi connectivity index (χ2v) is 6.74. The SMILES string of the molecule is CC(C)(C)c1ccc(C2(C)NC(=O)N(CC(N)=O)C2=O)cc1. The maximum absolute atomic E-state index is 12.5. The van der Waals surface area contributed by atoms with Gasteiger partial charge in [-0.3, -0.25) is 14.5 Å². The Kier molecular flexibility index (Phi) is 3.73. The summed E-state index contributed by atoms with van der Waals surface area (Å²) in [4.78, 5) is 36.3. The first-order valence-electron chi connectivity index (χ1n) is 7.09. The molecule has 1 heterocycles. The standard InChI is InChI=1S/C16H21N3O3/c1-15(2,3)10-5-7-11(8-6-10)16(4)13(21)19(9-12(17)20)14(22)18-16/h5-8H,9H2,1-4H3,(H2,17,20)(H,18,22). The van der Waals surface area contributed by atoms with Crippen LogP contribution in [0.2, 0.25) is 0 Å². The molecule has 1 atom stereocenters. The number of rotatable bonds is 3. The van der Waals surface area contributed by atoms with Gasteiger partial charge in [-0.1, -0.05) is 45.0 Å². The van der Waals surface area contributed by atoms with Gasteiger partial charge in [0.2, 0.25) is 5.91 Å². The maximum Gasteiger partial charge on any atom is 0.325 e. The first-order valence-corrected chi connectivity index (χ1v) is 7.09. The van der Waals surface area contributed by atoms with Gasteiger partial charge < -0.3 is 11.1 Å². The molecule has 0 aromatic heterocycles. The Labute approximate surface area is 129 Å². The van der Waals surface area contributed by atoms with E-state index in [0.717, 1.165) is 10.5 Å². The highest BCUT2D eigenvalue weighted by Crippen LogP contribution is 2.30. The fourth-order valence-corrected chi connectivity index (χ4v) is 2.50. The molecular formula is C16H21N3O3. The van der Waals surface area contributed by atoms with Crippen molar-refractivity contribution in [2.24, 2.45) is 5.73 Å². The first-order chi connectivity index (χ1) is 10.1. The highest BCUT2D eigenvalue weighted by Gasteiger charge is 2.49. The van der Waals surface area contributed by atoms with Gasteiger partial charge in [0, 0.05) is 0 Å². The summed E-state index contributed by atoms with van der Waals surface area (Å²) in [6, 6.07) is 6.93. The lowest BCUT2D eigenvalue weighted by Gasteiger charge is -2.24. The van der Waals surface area contributed by atoms with Crippen LogP contribution in [0.4, 0.5) is 4.79 Å². The molecule has 1 fully saturated rings. The van der Waals surface area contributed by atoms with Gasteiger partial charge in [0.1, 0.15) is 12.1 Å². The smallest absolute Gasteiger partial charge is 0.325 e. The second-order valence-electron chi connectivity index (χ2n) is 6.74. The second kappa shape index (κ2) is 5.12. The Balaban J connectivity index is 2.33. The zero-order chi connectivity index (χ0) is 16.7. The highest BCUT2D eigenvalue weighted by molar-refractivity contribution is 6.09. The lowest BCUT2D eigenvalue weighted by atomic mass is 9.84. The molecule has 118 valence electrons. The molecule has 0 radical (unpaired) electrons. The molecule has 0 saturated carbocycles. The summed E-state index contributed by atoms with van der Waals surface area (Å²) in [5.74, 6) is -1.20. The molecule has 1 aliphatic heterocycles. The minimum atomic E-state index is -1.18. The zero-order valence-corrected chi connectivity index (χ0v) is 13.3. The minimum Gasteiger partial charge on any atom is -0.368 e. The van der Waals surface area contributed by atoms with Gasteiger partial charge in [-0.05, 0) is 23.5 Å². The molecule has 1 aromatic rings. The molecule has 22 heavy (non-hydrogen) atoms. The van der Waals surface area contributed by atoms with Crippen molar-refractivity contribution in [1.29, 1.82) is 0 Å². The molecule has 1 saturated heterocycles. The number of nitrogens with zero attached hydrogens (tertiary/aromatic N) is 1. The van der Waals surface area contributed by atoms with E-state index >= 15 is 0 Å². The average Bonchev–Trinajstić information content (AvgIpc) is 2.62. The fraction of sp³-hybridized carbons (Fsp3) is 0.438. The van der Waals surface area contributed by atoms with Crippen LogP contribution < -0.4 is 11.1 Å². The first kappa shape index (κ1) is 16.0. The number of nitrogens with two attached hydrogens (primary N) is 1. The van der Waals surface area contributed by atoms with E-state index in [0.29, 0.717) is 5.56 Å². The zero-order valence-electron chi connectivity index (χ0n) is 13.3. The number of urea groups is 1. The van der Waals surface area contributed by atoms with E-state index in [-0.39, 0.29) is 5.41 Å². The van der Waals surface area contributed by atoms with Crippen LogP contribution in [0.3, 0.4) is 0 Å². The summed E-state index contributed by atoms with van der Waals surface area (Å²) < 4.78 is 0. The molecule has 1 aliphatic rings. The quantitative estimate of drug-likeness (QED) is 0.823. The van der Waals surface area contributed by atoms with Crippen molar-refractivity contribution in [3.05, 3.63) is 35.4 Å². The van der Waals surface area contributed by atoms with Crippen LogP contribution in [0.25, 0.3) is 0 Å². The molecular weight excluding hydrogens is 282 g/mol. The van der Waals surface area contributed by atoms with Crippen molar-refractivity contribution in [3.63, 3.8) is 0 Å². The van der Waals surface area contributed by atoms with Gasteiger partial charge in [0.05, 0.1) is 0 Å². The van der Waals surface area contributed by atoms with Gasteiger partial charge in [-0.25, -0.2) is 4.79 Å². The topological polar surface area (TPSA) is 92.5 Å². The lowest BCUT2D eigenvalue weighted by molar-refractivity contribution is -0.134. The Bertz CT molecular complexity index is 631. The fourth-order valence-electron chi connectivity index (χ4n) is 2.50. The van der Waals surface area contributed by atoms with Crippen molar-refractivity contribution in [2.75, 3.05) is 6.54 Å². The van der Waals surface area contributed by atoms with Crippen molar-refractivity contribution in [3.8, 4) is 0 Å². The largest absolute Gasteiger partial charge is 0.368 e. The van der Waals surface area contributed by atoms with Gasteiger partial charge >= 0.3 is 6.03 Å². The number of carbonyl (C=O) groups excluding carboxylic acids is 3. The summed E-state index contributed by atoms with van der Waals surface area (Å²) in [6.07, 6.45) is 0. The Hall–Kier alpha value is -2.37. The third-order valence-electron chi connectivity index (χ3n) is 3.92. The maximum atomic E-state index is 12.5. The van der Waals surface area contributed by atoms with Gasteiger partial charge in [-0.2, -0.15) is 0 Å². The molecule has 6 nitrogen and oxygen atoms in total. The van der Waals surface area contributed by atoms with E-state index in [2.05, 4.69) is 26.1 Å². The van der Waals surface area contributed by atoms with E-state index in [1.165, 1.54) is 0 Å². The summed E-state index contributed by atoms with van der Waals surface area (Å²) >= 11 is 0. The Morgan fingerprint density at radius 2 is 1.77 bits per heavy atom. The summed E-state index contributed by atoms with van der Waals surface area (Å²) in [6.45, 7) is 7.50. The number of nitrogens with one attached hydrogen (secondary N) is 1. The van der Waals surface area contributed by atoms with Crippen LogP contribution in [-0.4, -0.2) is 29.3 Å². The number of carbonyl (C=O) groups is 3. The molecule has 1 aromatic carbocycles. The van der Waals surface area contributed by atoms with Crippen LogP contribution in [-0.2, 0) is 20.5 Å². The average molecular weight is 303 g/mol. The summed E-state index contributed by atoms with van der Waals surface area (Å²) in [7, 11) is 0. The van der Waals surface area contributed by atoms with E-state index in [9.17, 15) is 14.4 Å². The normalized spacial score (nSPS) is 21.9. The summed E-state index contributed by atoms with van der Waals surface area (Å²) in [5, 5.41) is 2.64. The van der Waals surface area contributed by atoms with Crippen LogP contribution in [0, 0.1) is 0 Å². The number of primary amides is 1. The molecule has 4 amide bonds. The Morgan fingerprint density at radius 3 is 2.23 bits per heavy atom. The van der Waals surface area contributed by atoms with Crippen molar-refractivity contribution in [1.82, 2.24) is 10.2 Å². The molecule has 1 unspecified atom stereocenters. The number of hydrogen-bond acceptors (Lipinski definition) is 3. The highest BCUT2D eigenvalue weighted by atomic mass is 16.2. The van der Waals surface area contributed by atoms with E-state index in [1.54, 1.807) is 6.92 Å². The number of imide groups is 1. The van der Waals surface area contributed by atoms with Crippen molar-refractivity contribution < 1.29 is 14.4 Å². The van der Waals surface area contributed by atoms with Gasteiger partial charge in [-0.15, -0.1) is 0 Å². The molecule has 2 rings (SSSR count). The van der Waals surface area contributed by atoms with Crippen molar-refractivity contribution in [2.45, 2.75) is 38.6 Å². The van der Waals surface area contributed by atoms with Crippen LogP contribution >= 0.6 is 0 Å². The van der Waals surface area contributed by atoms with E-state index < -0.39 is 29.9 Å². The van der Waals surface area contributed by atoms with E-state index in [4.69, 9.17) is 5.73 Å². The molecule has 0 bridgehead atoms. The summed E-state index contributed by atoms with van der Waals surface area (Å²) in [5.41, 5.74) is 5.70.